The Morgan fingerprint density at radius 2 is 2.11 bits per heavy atom. The lowest BCUT2D eigenvalue weighted by Crippen LogP contribution is -2.15. The van der Waals surface area contributed by atoms with Crippen LogP contribution < -0.4 is 5.73 Å². The number of carboxylic acid groups (broad SMARTS) is 1. The van der Waals surface area contributed by atoms with Gasteiger partial charge < -0.3 is 10.8 Å². The Morgan fingerprint density at radius 3 is 2.74 bits per heavy atom. The van der Waals surface area contributed by atoms with Crippen LogP contribution in [0.1, 0.15) is 50.0 Å². The van der Waals surface area contributed by atoms with Crippen molar-refractivity contribution in [1.82, 2.24) is 0 Å². The molecular formula is C15H20FNO2. The van der Waals surface area contributed by atoms with Crippen LogP contribution in [0.3, 0.4) is 0 Å². The molecule has 3 nitrogen and oxygen atoms in total. The first-order chi connectivity index (χ1) is 9.09. The van der Waals surface area contributed by atoms with E-state index in [1.54, 1.807) is 6.07 Å². The molecule has 0 radical (unpaired) electrons. The lowest BCUT2D eigenvalue weighted by atomic mass is 9.89. The molecule has 0 spiro atoms. The highest BCUT2D eigenvalue weighted by atomic mass is 19.1. The normalized spacial score (nSPS) is 17.5. The first kappa shape index (κ1) is 13.8. The lowest BCUT2D eigenvalue weighted by Gasteiger charge is -2.17. The maximum Gasteiger partial charge on any atom is 0.311 e. The van der Waals surface area contributed by atoms with Gasteiger partial charge in [-0.3, -0.25) is 4.79 Å². The minimum atomic E-state index is -0.921. The van der Waals surface area contributed by atoms with Crippen molar-refractivity contribution in [3.63, 3.8) is 0 Å². The Bertz CT molecular complexity index is 455. The van der Waals surface area contributed by atoms with Gasteiger partial charge in [0.15, 0.2) is 0 Å². The van der Waals surface area contributed by atoms with Gasteiger partial charge >= 0.3 is 5.97 Å². The van der Waals surface area contributed by atoms with E-state index in [1.165, 1.54) is 37.8 Å². The van der Waals surface area contributed by atoms with Gasteiger partial charge in [-0.25, -0.2) is 4.39 Å². The minimum absolute atomic E-state index is 0.0266. The summed E-state index contributed by atoms with van der Waals surface area (Å²) in [5.41, 5.74) is 6.05. The predicted molar refractivity (Wildman–Crippen MR) is 72.4 cm³/mol. The molecule has 1 aliphatic carbocycles. The molecule has 1 unspecified atom stereocenters. The first-order valence-electron chi connectivity index (χ1n) is 6.86. The van der Waals surface area contributed by atoms with Crippen LogP contribution in [-0.4, -0.2) is 11.1 Å². The monoisotopic (exact) mass is 265 g/mol. The number of para-hydroxylation sites is 1. The molecule has 1 aliphatic rings. The van der Waals surface area contributed by atoms with E-state index in [9.17, 15) is 14.3 Å². The third kappa shape index (κ3) is 3.25. The molecule has 2 rings (SSSR count). The molecule has 1 aromatic carbocycles. The SMILES string of the molecule is Nc1c(F)cccc1C(CCC1CCCC1)C(=O)O. The fourth-order valence-corrected chi connectivity index (χ4v) is 2.97. The molecule has 3 N–H and O–H groups in total. The number of carboxylic acids is 1. The summed E-state index contributed by atoms with van der Waals surface area (Å²) in [6.45, 7) is 0. The highest BCUT2D eigenvalue weighted by Gasteiger charge is 2.25. The van der Waals surface area contributed by atoms with Crippen LogP contribution in [-0.2, 0) is 4.79 Å². The minimum Gasteiger partial charge on any atom is -0.481 e. The van der Waals surface area contributed by atoms with Gasteiger partial charge in [0.1, 0.15) is 5.82 Å². The maximum absolute atomic E-state index is 13.4. The van der Waals surface area contributed by atoms with E-state index in [-0.39, 0.29) is 5.69 Å². The largest absolute Gasteiger partial charge is 0.481 e. The molecule has 1 aromatic rings. The molecule has 1 fully saturated rings. The third-order valence-electron chi connectivity index (χ3n) is 4.10. The zero-order valence-corrected chi connectivity index (χ0v) is 10.9. The lowest BCUT2D eigenvalue weighted by molar-refractivity contribution is -0.139. The van der Waals surface area contributed by atoms with Crippen molar-refractivity contribution >= 4 is 11.7 Å². The predicted octanol–water partition coefficient (Wildman–Crippen LogP) is 3.55. The van der Waals surface area contributed by atoms with Gasteiger partial charge in [0, 0.05) is 0 Å². The number of benzene rings is 1. The highest BCUT2D eigenvalue weighted by molar-refractivity contribution is 5.78. The Labute approximate surface area is 112 Å². The van der Waals surface area contributed by atoms with E-state index >= 15 is 0 Å². The number of hydrogen-bond acceptors (Lipinski definition) is 2. The van der Waals surface area contributed by atoms with Crippen molar-refractivity contribution in [2.45, 2.75) is 44.4 Å². The van der Waals surface area contributed by atoms with E-state index in [1.807, 2.05) is 0 Å². The zero-order valence-electron chi connectivity index (χ0n) is 10.9. The van der Waals surface area contributed by atoms with Crippen molar-refractivity contribution in [1.29, 1.82) is 0 Å². The summed E-state index contributed by atoms with van der Waals surface area (Å²) >= 11 is 0. The second-order valence-electron chi connectivity index (χ2n) is 5.36. The maximum atomic E-state index is 13.4. The van der Waals surface area contributed by atoms with E-state index in [4.69, 9.17) is 5.73 Å². The van der Waals surface area contributed by atoms with Crippen LogP contribution in [0.15, 0.2) is 18.2 Å². The quantitative estimate of drug-likeness (QED) is 0.800. The molecule has 1 atom stereocenters. The Balaban J connectivity index is 2.10. The molecule has 0 saturated heterocycles. The summed E-state index contributed by atoms with van der Waals surface area (Å²) in [5.74, 6) is -1.53. The first-order valence-corrected chi connectivity index (χ1v) is 6.86. The van der Waals surface area contributed by atoms with Gasteiger partial charge in [0.25, 0.3) is 0 Å². The number of halogens is 1. The van der Waals surface area contributed by atoms with Crippen molar-refractivity contribution < 1.29 is 14.3 Å². The third-order valence-corrected chi connectivity index (χ3v) is 4.10. The number of aliphatic carboxylic acids is 1. The van der Waals surface area contributed by atoms with Gasteiger partial charge in [0.05, 0.1) is 11.6 Å². The van der Waals surface area contributed by atoms with Gasteiger partial charge in [0.2, 0.25) is 0 Å². The number of nitrogens with two attached hydrogens (primary N) is 1. The number of nitrogen functional groups attached to an aromatic ring is 1. The molecule has 1 saturated carbocycles. The fraction of sp³-hybridized carbons (Fsp3) is 0.533. The number of anilines is 1. The van der Waals surface area contributed by atoms with Crippen LogP contribution in [0, 0.1) is 11.7 Å². The second-order valence-corrected chi connectivity index (χ2v) is 5.36. The van der Waals surface area contributed by atoms with E-state index in [2.05, 4.69) is 0 Å². The van der Waals surface area contributed by atoms with Crippen molar-refractivity contribution in [3.05, 3.63) is 29.6 Å². The second kappa shape index (κ2) is 6.04. The summed E-state index contributed by atoms with van der Waals surface area (Å²) in [6, 6.07) is 4.40. The molecule has 0 bridgehead atoms. The number of hydrogen-bond donors (Lipinski definition) is 2. The van der Waals surface area contributed by atoms with Gasteiger partial charge in [-0.2, -0.15) is 0 Å². The Morgan fingerprint density at radius 1 is 1.42 bits per heavy atom. The van der Waals surface area contributed by atoms with Crippen molar-refractivity contribution in [3.8, 4) is 0 Å². The Kier molecular flexibility index (Phi) is 4.40. The van der Waals surface area contributed by atoms with Gasteiger partial charge in [-0.15, -0.1) is 0 Å². The molecular weight excluding hydrogens is 245 g/mol. The topological polar surface area (TPSA) is 63.3 Å². The molecule has 0 aliphatic heterocycles. The van der Waals surface area contributed by atoms with Crippen molar-refractivity contribution in [2.75, 3.05) is 5.73 Å². The molecule has 4 heteroatoms. The van der Waals surface area contributed by atoms with Gasteiger partial charge in [-0.1, -0.05) is 37.8 Å². The van der Waals surface area contributed by atoms with E-state index in [0.717, 1.165) is 6.42 Å². The summed E-state index contributed by atoms with van der Waals surface area (Å²) in [4.78, 5) is 11.4. The van der Waals surface area contributed by atoms with E-state index in [0.29, 0.717) is 17.9 Å². The van der Waals surface area contributed by atoms with Crippen LogP contribution in [0.4, 0.5) is 10.1 Å². The summed E-state index contributed by atoms with van der Waals surface area (Å²) < 4.78 is 13.4. The molecule has 0 heterocycles. The standard InChI is InChI=1S/C15H20FNO2/c16-13-7-3-6-11(14(13)17)12(15(18)19)9-8-10-4-1-2-5-10/h3,6-7,10,12H,1-2,4-5,8-9,17H2,(H,18,19). The highest BCUT2D eigenvalue weighted by Crippen LogP contribution is 2.34. The average molecular weight is 265 g/mol. The molecule has 0 amide bonds. The smallest absolute Gasteiger partial charge is 0.311 e. The van der Waals surface area contributed by atoms with Crippen LogP contribution in [0.5, 0.6) is 0 Å². The van der Waals surface area contributed by atoms with Crippen LogP contribution in [0.2, 0.25) is 0 Å². The van der Waals surface area contributed by atoms with Crippen LogP contribution in [0.25, 0.3) is 0 Å². The number of rotatable bonds is 5. The van der Waals surface area contributed by atoms with Crippen LogP contribution >= 0.6 is 0 Å². The molecule has 0 aromatic heterocycles. The fourth-order valence-electron chi connectivity index (χ4n) is 2.97. The summed E-state index contributed by atoms with van der Waals surface area (Å²) in [7, 11) is 0. The summed E-state index contributed by atoms with van der Waals surface area (Å²) in [6.07, 6.45) is 6.27. The molecule has 19 heavy (non-hydrogen) atoms. The zero-order chi connectivity index (χ0) is 13.8. The number of carbonyl (C=O) groups is 1. The van der Waals surface area contributed by atoms with Gasteiger partial charge in [-0.05, 0) is 30.4 Å². The van der Waals surface area contributed by atoms with E-state index < -0.39 is 17.7 Å². The molecule has 104 valence electrons. The summed E-state index contributed by atoms with van der Waals surface area (Å²) in [5, 5.41) is 9.34. The average Bonchev–Trinajstić information content (AvgIpc) is 2.87. The Hall–Kier alpha value is -1.58. The van der Waals surface area contributed by atoms with Crippen molar-refractivity contribution in [2.24, 2.45) is 5.92 Å².